The van der Waals surface area contributed by atoms with Crippen molar-refractivity contribution in [1.82, 2.24) is 4.31 Å². The molecule has 0 saturated carbocycles. The van der Waals surface area contributed by atoms with Gasteiger partial charge in [0.2, 0.25) is 10.0 Å². The van der Waals surface area contributed by atoms with E-state index >= 15 is 0 Å². The second-order valence-corrected chi connectivity index (χ2v) is 8.17. The van der Waals surface area contributed by atoms with Crippen LogP contribution in [0.2, 0.25) is 0 Å². The van der Waals surface area contributed by atoms with Crippen molar-refractivity contribution in [2.24, 2.45) is 0 Å². The summed E-state index contributed by atoms with van der Waals surface area (Å²) in [5.41, 5.74) is 2.77. The van der Waals surface area contributed by atoms with Crippen LogP contribution in [-0.4, -0.2) is 26.4 Å². The highest BCUT2D eigenvalue weighted by atomic mass is 32.2. The zero-order valence-electron chi connectivity index (χ0n) is 14.3. The molecule has 1 heterocycles. The number of methoxy groups -OCH3 is 1. The molecule has 0 bridgehead atoms. The molecule has 0 radical (unpaired) electrons. The first-order valence-electron chi connectivity index (χ1n) is 8.16. The molecule has 4 nitrogen and oxygen atoms in total. The summed E-state index contributed by atoms with van der Waals surface area (Å²) in [7, 11) is -1.88. The predicted molar refractivity (Wildman–Crippen MR) is 94.8 cm³/mol. The number of rotatable bonds is 4. The van der Waals surface area contributed by atoms with E-state index in [4.69, 9.17) is 4.74 Å². The lowest BCUT2D eigenvalue weighted by Crippen LogP contribution is -2.31. The first kappa shape index (κ1) is 17.0. The normalized spacial score (nSPS) is 18.7. The number of hydrogen-bond donors (Lipinski definition) is 0. The molecule has 1 aliphatic heterocycles. The van der Waals surface area contributed by atoms with Crippen molar-refractivity contribution >= 4 is 10.0 Å². The van der Waals surface area contributed by atoms with Crippen molar-refractivity contribution in [3.05, 3.63) is 59.2 Å². The Morgan fingerprint density at radius 3 is 2.46 bits per heavy atom. The highest BCUT2D eigenvalue weighted by molar-refractivity contribution is 7.89. The van der Waals surface area contributed by atoms with Gasteiger partial charge in [-0.2, -0.15) is 4.31 Å². The predicted octanol–water partition coefficient (Wildman–Crippen LogP) is 3.84. The Labute approximate surface area is 144 Å². The van der Waals surface area contributed by atoms with Crippen LogP contribution in [0, 0.1) is 13.8 Å². The summed E-state index contributed by atoms with van der Waals surface area (Å²) in [6, 6.07) is 13.2. The number of sulfonamides is 1. The molecule has 1 saturated heterocycles. The third kappa shape index (κ3) is 3.06. The zero-order chi connectivity index (χ0) is 17.3. The topological polar surface area (TPSA) is 46.6 Å². The van der Waals surface area contributed by atoms with Crippen molar-refractivity contribution in [2.45, 2.75) is 37.6 Å². The van der Waals surface area contributed by atoms with Crippen molar-refractivity contribution in [3.8, 4) is 5.75 Å². The van der Waals surface area contributed by atoms with E-state index in [1.807, 2.05) is 50.2 Å². The molecule has 1 fully saturated rings. The minimum atomic E-state index is -3.50. The fourth-order valence-electron chi connectivity index (χ4n) is 3.30. The van der Waals surface area contributed by atoms with Crippen LogP contribution in [0.25, 0.3) is 0 Å². The van der Waals surface area contributed by atoms with Gasteiger partial charge in [0.25, 0.3) is 0 Å². The lowest BCUT2D eigenvalue weighted by Gasteiger charge is -2.25. The second kappa shape index (κ2) is 6.57. The second-order valence-electron chi connectivity index (χ2n) is 6.32. The molecule has 3 rings (SSSR count). The van der Waals surface area contributed by atoms with Crippen LogP contribution in [0.5, 0.6) is 5.75 Å². The summed E-state index contributed by atoms with van der Waals surface area (Å²) in [5, 5.41) is 0. The van der Waals surface area contributed by atoms with Crippen molar-refractivity contribution in [3.63, 3.8) is 0 Å². The summed E-state index contributed by atoms with van der Waals surface area (Å²) in [6.45, 7) is 4.33. The molecule has 0 aromatic heterocycles. The zero-order valence-corrected chi connectivity index (χ0v) is 15.1. The summed E-state index contributed by atoms with van der Waals surface area (Å²) in [6.07, 6.45) is 1.72. The molecule has 1 atom stereocenters. The Balaban J connectivity index is 1.98. The maximum Gasteiger partial charge on any atom is 0.243 e. The van der Waals surface area contributed by atoms with Gasteiger partial charge in [0, 0.05) is 6.54 Å². The van der Waals surface area contributed by atoms with E-state index in [0.29, 0.717) is 11.4 Å². The quantitative estimate of drug-likeness (QED) is 0.846. The van der Waals surface area contributed by atoms with Crippen LogP contribution < -0.4 is 4.74 Å². The largest absolute Gasteiger partial charge is 0.497 e. The molecule has 0 amide bonds. The molecule has 5 heteroatoms. The number of benzene rings is 2. The molecule has 0 aliphatic carbocycles. The Kier molecular flexibility index (Phi) is 4.65. The summed E-state index contributed by atoms with van der Waals surface area (Å²) < 4.78 is 33.3. The van der Waals surface area contributed by atoms with Crippen molar-refractivity contribution < 1.29 is 13.2 Å². The fourth-order valence-corrected chi connectivity index (χ4v) is 5.29. The van der Waals surface area contributed by atoms with E-state index in [9.17, 15) is 8.42 Å². The third-order valence-corrected chi connectivity index (χ3v) is 6.68. The molecule has 128 valence electrons. The van der Waals surface area contributed by atoms with Gasteiger partial charge in [-0.1, -0.05) is 24.3 Å². The van der Waals surface area contributed by atoms with Crippen LogP contribution in [-0.2, 0) is 10.0 Å². The summed E-state index contributed by atoms with van der Waals surface area (Å²) in [5.74, 6) is 0.778. The number of nitrogens with zero attached hydrogens (tertiary/aromatic N) is 1. The first-order chi connectivity index (χ1) is 11.4. The third-order valence-electron chi connectivity index (χ3n) is 4.63. The molecule has 0 spiro atoms. The van der Waals surface area contributed by atoms with Gasteiger partial charge in [0.15, 0.2) is 0 Å². The van der Waals surface area contributed by atoms with E-state index in [1.54, 1.807) is 17.5 Å². The monoisotopic (exact) mass is 345 g/mol. The van der Waals surface area contributed by atoms with Crippen LogP contribution in [0.15, 0.2) is 47.4 Å². The maximum atomic E-state index is 13.2. The SMILES string of the molecule is COc1ccc([C@H]2CCCN2S(=O)(=O)c2cc(C)ccc2C)cc1. The average molecular weight is 345 g/mol. The van der Waals surface area contributed by atoms with E-state index in [-0.39, 0.29) is 6.04 Å². The molecule has 24 heavy (non-hydrogen) atoms. The Morgan fingerprint density at radius 2 is 1.79 bits per heavy atom. The number of hydrogen-bond acceptors (Lipinski definition) is 3. The minimum absolute atomic E-state index is 0.110. The number of ether oxygens (including phenoxy) is 1. The van der Waals surface area contributed by atoms with E-state index in [1.165, 1.54) is 0 Å². The van der Waals surface area contributed by atoms with Crippen LogP contribution in [0.1, 0.15) is 35.6 Å². The lowest BCUT2D eigenvalue weighted by atomic mass is 10.1. The van der Waals surface area contributed by atoms with Crippen molar-refractivity contribution in [1.29, 1.82) is 0 Å². The molecular formula is C19H23NO3S. The van der Waals surface area contributed by atoms with Gasteiger partial charge in [-0.05, 0) is 61.6 Å². The highest BCUT2D eigenvalue weighted by Crippen LogP contribution is 2.37. The van der Waals surface area contributed by atoms with Gasteiger partial charge in [-0.15, -0.1) is 0 Å². The molecule has 1 aliphatic rings. The Hall–Kier alpha value is -1.85. The highest BCUT2D eigenvalue weighted by Gasteiger charge is 2.36. The van der Waals surface area contributed by atoms with Gasteiger partial charge >= 0.3 is 0 Å². The smallest absolute Gasteiger partial charge is 0.243 e. The summed E-state index contributed by atoms with van der Waals surface area (Å²) in [4.78, 5) is 0.419. The van der Waals surface area contributed by atoms with E-state index in [0.717, 1.165) is 35.3 Å². The number of aryl methyl sites for hydroxylation is 2. The molecule has 0 N–H and O–H groups in total. The van der Waals surface area contributed by atoms with Crippen LogP contribution in [0.3, 0.4) is 0 Å². The molecule has 2 aromatic carbocycles. The van der Waals surface area contributed by atoms with Gasteiger partial charge in [0.05, 0.1) is 18.0 Å². The van der Waals surface area contributed by atoms with Gasteiger partial charge in [0.1, 0.15) is 5.75 Å². The maximum absolute atomic E-state index is 13.2. The van der Waals surface area contributed by atoms with Gasteiger partial charge < -0.3 is 4.74 Å². The Morgan fingerprint density at radius 1 is 1.08 bits per heavy atom. The van der Waals surface area contributed by atoms with Crippen LogP contribution in [0.4, 0.5) is 0 Å². The molecule has 2 aromatic rings. The lowest BCUT2D eigenvalue weighted by molar-refractivity contribution is 0.394. The van der Waals surface area contributed by atoms with Crippen LogP contribution >= 0.6 is 0 Å². The molecule has 0 unspecified atom stereocenters. The van der Waals surface area contributed by atoms with Gasteiger partial charge in [-0.3, -0.25) is 0 Å². The minimum Gasteiger partial charge on any atom is -0.497 e. The van der Waals surface area contributed by atoms with Gasteiger partial charge in [-0.25, -0.2) is 8.42 Å². The van der Waals surface area contributed by atoms with E-state index < -0.39 is 10.0 Å². The Bertz CT molecular complexity index is 828. The van der Waals surface area contributed by atoms with E-state index in [2.05, 4.69) is 0 Å². The molecular weight excluding hydrogens is 322 g/mol. The fraction of sp³-hybridized carbons (Fsp3) is 0.368. The first-order valence-corrected chi connectivity index (χ1v) is 9.60. The summed E-state index contributed by atoms with van der Waals surface area (Å²) >= 11 is 0. The standard InChI is InChI=1S/C19H23NO3S/c1-14-6-7-15(2)19(13-14)24(21,22)20-12-4-5-18(20)16-8-10-17(23-3)11-9-16/h6-11,13,18H,4-5,12H2,1-3H3/t18-/m1/s1. The average Bonchev–Trinajstić information content (AvgIpc) is 3.07. The van der Waals surface area contributed by atoms with Crippen molar-refractivity contribution in [2.75, 3.05) is 13.7 Å².